The Hall–Kier alpha value is -3.52. The third-order valence-corrected chi connectivity index (χ3v) is 8.11. The summed E-state index contributed by atoms with van der Waals surface area (Å²) in [5.41, 5.74) is 3.27. The number of rotatable bonds is 6. The maximum absolute atomic E-state index is 13.9. The minimum Gasteiger partial charge on any atom is -0.491 e. The van der Waals surface area contributed by atoms with Crippen LogP contribution < -0.4 is 14.2 Å². The Bertz CT molecular complexity index is 1360. The quantitative estimate of drug-likeness (QED) is 0.415. The average Bonchev–Trinajstić information content (AvgIpc) is 3.54. The number of benzene rings is 2. The fourth-order valence-corrected chi connectivity index (χ4v) is 5.96. The molecule has 0 saturated heterocycles. The highest BCUT2D eigenvalue weighted by atomic mass is 32.1. The number of amides is 2. The van der Waals surface area contributed by atoms with E-state index in [2.05, 4.69) is 24.4 Å². The number of carbonyl (C=O) groups excluding carboxylic acids is 2. The number of ether oxygens (including phenoxy) is 3. The second-order valence-electron chi connectivity index (χ2n) is 10.9. The summed E-state index contributed by atoms with van der Waals surface area (Å²) in [4.78, 5) is 32.3. The number of fused-ring (bicyclic) bond motifs is 2. The van der Waals surface area contributed by atoms with Gasteiger partial charge in [-0.25, -0.2) is 0 Å². The molecule has 38 heavy (non-hydrogen) atoms. The molecule has 2 amide bonds. The SMILES string of the molecule is Cc1ccc(OCC2c3ccsc3CCN2C(=O)CN(C(=O)c2ccc3c(c2)OCO3)C(C)(C)C)c(C)c1. The lowest BCUT2D eigenvalue weighted by molar-refractivity contribution is -0.136. The summed E-state index contributed by atoms with van der Waals surface area (Å²) in [6, 6.07) is 13.1. The van der Waals surface area contributed by atoms with Gasteiger partial charge in [-0.05, 0) is 87.9 Å². The molecule has 1 aromatic heterocycles. The molecule has 200 valence electrons. The highest BCUT2D eigenvalue weighted by Crippen LogP contribution is 2.36. The van der Waals surface area contributed by atoms with E-state index in [0.717, 1.165) is 23.3 Å². The van der Waals surface area contributed by atoms with E-state index < -0.39 is 5.54 Å². The minimum absolute atomic E-state index is 0.0314. The molecule has 0 bridgehead atoms. The van der Waals surface area contributed by atoms with Crippen LogP contribution in [0.2, 0.25) is 0 Å². The predicted octanol–water partition coefficient (Wildman–Crippen LogP) is 5.54. The second-order valence-corrected chi connectivity index (χ2v) is 11.9. The van der Waals surface area contributed by atoms with Crippen LogP contribution in [0.3, 0.4) is 0 Å². The topological polar surface area (TPSA) is 68.3 Å². The first-order chi connectivity index (χ1) is 18.1. The monoisotopic (exact) mass is 534 g/mol. The van der Waals surface area contributed by atoms with Crippen molar-refractivity contribution in [2.45, 2.75) is 52.6 Å². The molecule has 7 nitrogen and oxygen atoms in total. The lowest BCUT2D eigenvalue weighted by Crippen LogP contribution is -2.53. The van der Waals surface area contributed by atoms with E-state index in [-0.39, 0.29) is 31.2 Å². The summed E-state index contributed by atoms with van der Waals surface area (Å²) in [5, 5.41) is 2.08. The molecule has 2 aromatic carbocycles. The molecule has 2 aliphatic heterocycles. The first kappa shape index (κ1) is 26.1. The van der Waals surface area contributed by atoms with Crippen LogP contribution in [-0.2, 0) is 11.2 Å². The molecule has 1 unspecified atom stereocenters. The van der Waals surface area contributed by atoms with Crippen molar-refractivity contribution in [3.8, 4) is 17.2 Å². The molecular formula is C30H34N2O5S. The molecule has 0 saturated carbocycles. The standard InChI is InChI=1S/C30H34N2O5S/c1-19-6-8-24(20(2)14-19)35-17-23-22-11-13-38-27(22)10-12-31(23)28(33)16-32(30(3,4)5)29(34)21-7-9-25-26(15-21)37-18-36-25/h6-9,11,13-15,23H,10,12,16-18H2,1-5H3. The Balaban J connectivity index is 1.37. The van der Waals surface area contributed by atoms with Crippen LogP contribution in [0.15, 0.2) is 47.8 Å². The van der Waals surface area contributed by atoms with Crippen LogP contribution >= 0.6 is 11.3 Å². The van der Waals surface area contributed by atoms with E-state index in [4.69, 9.17) is 14.2 Å². The van der Waals surface area contributed by atoms with Gasteiger partial charge in [0, 0.05) is 22.5 Å². The van der Waals surface area contributed by atoms with Crippen molar-refractivity contribution in [2.24, 2.45) is 0 Å². The van der Waals surface area contributed by atoms with Crippen LogP contribution in [0.1, 0.15) is 58.7 Å². The third kappa shape index (κ3) is 5.23. The Morgan fingerprint density at radius 2 is 1.87 bits per heavy atom. The number of hydrogen-bond acceptors (Lipinski definition) is 6. The average molecular weight is 535 g/mol. The fraction of sp³-hybridized carbons (Fsp3) is 0.400. The molecule has 5 rings (SSSR count). The molecule has 0 radical (unpaired) electrons. The maximum atomic E-state index is 13.9. The summed E-state index contributed by atoms with van der Waals surface area (Å²) < 4.78 is 17.1. The normalized spacial score (nSPS) is 16.2. The summed E-state index contributed by atoms with van der Waals surface area (Å²) >= 11 is 1.72. The minimum atomic E-state index is -0.572. The summed E-state index contributed by atoms with van der Waals surface area (Å²) in [6.07, 6.45) is 0.796. The van der Waals surface area contributed by atoms with Crippen molar-refractivity contribution < 1.29 is 23.8 Å². The van der Waals surface area contributed by atoms with Crippen LogP contribution in [0, 0.1) is 13.8 Å². The molecule has 2 aliphatic rings. The van der Waals surface area contributed by atoms with Gasteiger partial charge in [-0.3, -0.25) is 9.59 Å². The Morgan fingerprint density at radius 3 is 2.63 bits per heavy atom. The first-order valence-corrected chi connectivity index (χ1v) is 13.8. The highest BCUT2D eigenvalue weighted by Gasteiger charge is 2.36. The molecule has 0 fully saturated rings. The fourth-order valence-electron chi connectivity index (χ4n) is 5.03. The van der Waals surface area contributed by atoms with Crippen molar-refractivity contribution in [2.75, 3.05) is 26.5 Å². The number of nitrogens with zero attached hydrogens (tertiary/aromatic N) is 2. The van der Waals surface area contributed by atoms with Gasteiger partial charge in [0.25, 0.3) is 5.91 Å². The lowest BCUT2D eigenvalue weighted by Gasteiger charge is -2.40. The highest BCUT2D eigenvalue weighted by molar-refractivity contribution is 7.10. The summed E-state index contributed by atoms with van der Waals surface area (Å²) in [7, 11) is 0. The molecule has 8 heteroatoms. The number of thiophene rings is 1. The van der Waals surface area contributed by atoms with Crippen LogP contribution in [0.25, 0.3) is 0 Å². The van der Waals surface area contributed by atoms with Gasteiger partial charge in [0.2, 0.25) is 12.7 Å². The molecule has 0 aliphatic carbocycles. The number of carbonyl (C=O) groups is 2. The van der Waals surface area contributed by atoms with Gasteiger partial charge in [-0.1, -0.05) is 17.7 Å². The Morgan fingerprint density at radius 1 is 1.08 bits per heavy atom. The molecule has 0 spiro atoms. The van der Waals surface area contributed by atoms with Gasteiger partial charge in [-0.2, -0.15) is 0 Å². The van der Waals surface area contributed by atoms with Gasteiger partial charge in [0.15, 0.2) is 11.5 Å². The van der Waals surface area contributed by atoms with Gasteiger partial charge >= 0.3 is 0 Å². The van der Waals surface area contributed by atoms with E-state index in [0.29, 0.717) is 30.2 Å². The lowest BCUT2D eigenvalue weighted by atomic mass is 9.99. The van der Waals surface area contributed by atoms with E-state index in [1.165, 1.54) is 10.4 Å². The van der Waals surface area contributed by atoms with Crippen molar-refractivity contribution >= 4 is 23.2 Å². The smallest absolute Gasteiger partial charge is 0.254 e. The number of hydrogen-bond donors (Lipinski definition) is 0. The molecular weight excluding hydrogens is 500 g/mol. The maximum Gasteiger partial charge on any atom is 0.254 e. The zero-order valence-electron chi connectivity index (χ0n) is 22.6. The van der Waals surface area contributed by atoms with Gasteiger partial charge in [0.1, 0.15) is 18.9 Å². The van der Waals surface area contributed by atoms with Crippen molar-refractivity contribution in [3.05, 3.63) is 75.0 Å². The number of aryl methyl sites for hydroxylation is 2. The predicted molar refractivity (Wildman–Crippen MR) is 147 cm³/mol. The molecule has 0 N–H and O–H groups in total. The second kappa shape index (κ2) is 10.3. The van der Waals surface area contributed by atoms with Crippen molar-refractivity contribution in [3.63, 3.8) is 0 Å². The van der Waals surface area contributed by atoms with Gasteiger partial charge < -0.3 is 24.0 Å². The molecule has 1 atom stereocenters. The summed E-state index contributed by atoms with van der Waals surface area (Å²) in [6.45, 7) is 11.0. The van der Waals surface area contributed by atoms with E-state index in [1.807, 2.05) is 44.7 Å². The summed E-state index contributed by atoms with van der Waals surface area (Å²) in [5.74, 6) is 1.66. The first-order valence-electron chi connectivity index (χ1n) is 12.9. The van der Waals surface area contributed by atoms with Crippen molar-refractivity contribution in [1.82, 2.24) is 9.80 Å². The zero-order valence-corrected chi connectivity index (χ0v) is 23.4. The third-order valence-electron chi connectivity index (χ3n) is 7.11. The molecule has 3 aromatic rings. The van der Waals surface area contributed by atoms with Gasteiger partial charge in [0.05, 0.1) is 6.04 Å². The van der Waals surface area contributed by atoms with Crippen LogP contribution in [-0.4, -0.2) is 53.6 Å². The van der Waals surface area contributed by atoms with Crippen molar-refractivity contribution in [1.29, 1.82) is 0 Å². The Labute approximate surface area is 227 Å². The molecule has 3 heterocycles. The van der Waals surface area contributed by atoms with E-state index in [9.17, 15) is 9.59 Å². The largest absolute Gasteiger partial charge is 0.491 e. The van der Waals surface area contributed by atoms with Crippen LogP contribution in [0.5, 0.6) is 17.2 Å². The van der Waals surface area contributed by atoms with Gasteiger partial charge in [-0.15, -0.1) is 11.3 Å². The zero-order chi connectivity index (χ0) is 27.0. The Kier molecular flexibility index (Phi) is 7.09. The van der Waals surface area contributed by atoms with E-state index in [1.54, 1.807) is 34.4 Å². The van der Waals surface area contributed by atoms with E-state index >= 15 is 0 Å². The van der Waals surface area contributed by atoms with Crippen LogP contribution in [0.4, 0.5) is 0 Å².